The van der Waals surface area contributed by atoms with E-state index in [1.807, 2.05) is 0 Å². The topological polar surface area (TPSA) is 63.5 Å². The van der Waals surface area contributed by atoms with Gasteiger partial charge in [-0.15, -0.1) is 0 Å². The van der Waals surface area contributed by atoms with Crippen molar-refractivity contribution in [2.75, 3.05) is 13.1 Å². The van der Waals surface area contributed by atoms with Gasteiger partial charge in [-0.05, 0) is 30.7 Å². The molecule has 21 heavy (non-hydrogen) atoms. The van der Waals surface area contributed by atoms with E-state index in [9.17, 15) is 19.3 Å². The number of nitro groups is 1. The van der Waals surface area contributed by atoms with Crippen LogP contribution in [-0.4, -0.2) is 28.8 Å². The first-order valence-corrected chi connectivity index (χ1v) is 7.03. The minimum atomic E-state index is -0.714. The number of rotatable bonds is 2. The van der Waals surface area contributed by atoms with Gasteiger partial charge in [-0.1, -0.05) is 13.8 Å². The van der Waals surface area contributed by atoms with Crippen LogP contribution in [0.2, 0.25) is 0 Å². The Morgan fingerprint density at radius 1 is 1.33 bits per heavy atom. The molecule has 0 saturated carbocycles. The lowest BCUT2D eigenvalue weighted by atomic mass is 9.85. The zero-order valence-electron chi connectivity index (χ0n) is 12.3. The van der Waals surface area contributed by atoms with Crippen LogP contribution in [0.15, 0.2) is 18.2 Å². The summed E-state index contributed by atoms with van der Waals surface area (Å²) in [5.41, 5.74) is -0.324. The van der Waals surface area contributed by atoms with Crippen molar-refractivity contribution < 1.29 is 14.1 Å². The summed E-state index contributed by atoms with van der Waals surface area (Å²) in [7, 11) is 0. The Labute approximate surface area is 122 Å². The predicted octanol–water partition coefficient (Wildman–Crippen LogP) is 3.39. The third-order valence-corrected chi connectivity index (χ3v) is 4.02. The first-order valence-electron chi connectivity index (χ1n) is 7.03. The molecule has 114 valence electrons. The number of benzene rings is 1. The highest BCUT2D eigenvalue weighted by atomic mass is 19.1. The highest BCUT2D eigenvalue weighted by molar-refractivity contribution is 5.95. The van der Waals surface area contributed by atoms with E-state index in [0.717, 1.165) is 37.5 Å². The zero-order valence-corrected chi connectivity index (χ0v) is 12.3. The fraction of sp³-hybridized carbons (Fsp3) is 0.533. The maximum absolute atomic E-state index is 13.8. The third-order valence-electron chi connectivity index (χ3n) is 4.02. The number of hydrogen-bond donors (Lipinski definition) is 0. The SMILES string of the molecule is CC1(C)CCCN(C(=O)c2cc([N+](=O)[O-])ccc2F)CC1. The molecular formula is C15H19FN2O3. The summed E-state index contributed by atoms with van der Waals surface area (Å²) >= 11 is 0. The van der Waals surface area contributed by atoms with E-state index in [1.54, 1.807) is 4.90 Å². The van der Waals surface area contributed by atoms with Gasteiger partial charge in [0, 0.05) is 25.2 Å². The Balaban J connectivity index is 2.23. The minimum Gasteiger partial charge on any atom is -0.339 e. The van der Waals surface area contributed by atoms with Crippen molar-refractivity contribution in [3.05, 3.63) is 39.7 Å². The summed E-state index contributed by atoms with van der Waals surface area (Å²) in [6.07, 6.45) is 2.71. The molecule has 1 amide bonds. The van der Waals surface area contributed by atoms with Crippen LogP contribution in [0.3, 0.4) is 0 Å². The van der Waals surface area contributed by atoms with E-state index >= 15 is 0 Å². The summed E-state index contributed by atoms with van der Waals surface area (Å²) in [6, 6.07) is 3.07. The standard InChI is InChI=1S/C15H19FN2O3/c1-15(2)6-3-8-17(9-7-15)14(19)12-10-11(18(20)21)4-5-13(12)16/h4-5,10H,3,6-9H2,1-2H3. The molecular weight excluding hydrogens is 275 g/mol. The zero-order chi connectivity index (χ0) is 15.6. The number of halogens is 1. The highest BCUT2D eigenvalue weighted by Crippen LogP contribution is 2.30. The maximum Gasteiger partial charge on any atom is 0.270 e. The lowest BCUT2D eigenvalue weighted by Gasteiger charge is -2.23. The molecule has 1 aromatic rings. The molecule has 1 fully saturated rings. The molecule has 6 heteroatoms. The predicted molar refractivity (Wildman–Crippen MR) is 76.6 cm³/mol. The van der Waals surface area contributed by atoms with Gasteiger partial charge in [-0.3, -0.25) is 14.9 Å². The van der Waals surface area contributed by atoms with Crippen LogP contribution in [-0.2, 0) is 0 Å². The van der Waals surface area contributed by atoms with Gasteiger partial charge in [0.2, 0.25) is 0 Å². The molecule has 5 nitrogen and oxygen atoms in total. The Hall–Kier alpha value is -1.98. The van der Waals surface area contributed by atoms with E-state index in [2.05, 4.69) is 13.8 Å². The van der Waals surface area contributed by atoms with Crippen molar-refractivity contribution in [3.63, 3.8) is 0 Å². The number of likely N-dealkylation sites (tertiary alicyclic amines) is 1. The minimum absolute atomic E-state index is 0.163. The largest absolute Gasteiger partial charge is 0.339 e. The summed E-state index contributed by atoms with van der Waals surface area (Å²) in [5, 5.41) is 10.8. The molecule has 0 spiro atoms. The summed E-state index contributed by atoms with van der Waals surface area (Å²) in [6.45, 7) is 5.40. The number of nitrogens with zero attached hydrogens (tertiary/aromatic N) is 2. The van der Waals surface area contributed by atoms with E-state index in [0.29, 0.717) is 13.1 Å². The fourth-order valence-electron chi connectivity index (χ4n) is 2.59. The van der Waals surface area contributed by atoms with Gasteiger partial charge in [-0.25, -0.2) is 4.39 Å². The number of nitro benzene ring substituents is 1. The van der Waals surface area contributed by atoms with Crippen molar-refractivity contribution >= 4 is 11.6 Å². The van der Waals surface area contributed by atoms with Gasteiger partial charge in [0.1, 0.15) is 5.82 Å². The number of hydrogen-bond acceptors (Lipinski definition) is 3. The maximum atomic E-state index is 13.8. The first kappa shape index (κ1) is 15.4. The number of amides is 1. The van der Waals surface area contributed by atoms with Crippen LogP contribution in [0.1, 0.15) is 43.5 Å². The van der Waals surface area contributed by atoms with Gasteiger partial charge in [0.15, 0.2) is 0 Å². The Bertz CT molecular complexity index is 572. The number of carbonyl (C=O) groups excluding carboxylic acids is 1. The van der Waals surface area contributed by atoms with Gasteiger partial charge in [0.25, 0.3) is 11.6 Å². The van der Waals surface area contributed by atoms with Crippen LogP contribution in [0.4, 0.5) is 10.1 Å². The third kappa shape index (κ3) is 3.56. The molecule has 1 aliphatic heterocycles. The summed E-state index contributed by atoms with van der Waals surface area (Å²) < 4.78 is 13.8. The lowest BCUT2D eigenvalue weighted by molar-refractivity contribution is -0.384. The van der Waals surface area contributed by atoms with E-state index < -0.39 is 16.6 Å². The Kier molecular flexibility index (Phi) is 4.25. The fourth-order valence-corrected chi connectivity index (χ4v) is 2.59. The van der Waals surface area contributed by atoms with Crippen LogP contribution in [0.25, 0.3) is 0 Å². The van der Waals surface area contributed by atoms with E-state index in [1.165, 1.54) is 0 Å². The molecule has 1 heterocycles. The van der Waals surface area contributed by atoms with Crippen molar-refractivity contribution in [1.82, 2.24) is 4.90 Å². The normalized spacial score (nSPS) is 18.1. The van der Waals surface area contributed by atoms with Gasteiger partial charge >= 0.3 is 0 Å². The van der Waals surface area contributed by atoms with Crippen LogP contribution < -0.4 is 0 Å². The molecule has 0 aliphatic carbocycles. The lowest BCUT2D eigenvalue weighted by Crippen LogP contribution is -2.33. The van der Waals surface area contributed by atoms with Gasteiger partial charge in [0.05, 0.1) is 10.5 Å². The molecule has 0 N–H and O–H groups in total. The first-order chi connectivity index (χ1) is 9.80. The van der Waals surface area contributed by atoms with Gasteiger partial charge in [-0.2, -0.15) is 0 Å². The summed E-state index contributed by atoms with van der Waals surface area (Å²) in [5.74, 6) is -1.18. The molecule has 0 bridgehead atoms. The average Bonchev–Trinajstić information content (AvgIpc) is 2.59. The number of non-ortho nitro benzene ring substituents is 1. The molecule has 1 aromatic carbocycles. The quantitative estimate of drug-likeness (QED) is 0.620. The number of carbonyl (C=O) groups is 1. The second-order valence-electron chi connectivity index (χ2n) is 6.23. The molecule has 0 unspecified atom stereocenters. The van der Waals surface area contributed by atoms with Crippen molar-refractivity contribution in [2.24, 2.45) is 5.41 Å². The molecule has 2 rings (SSSR count). The van der Waals surface area contributed by atoms with E-state index in [-0.39, 0.29) is 16.7 Å². The molecule has 1 aliphatic rings. The molecule has 1 saturated heterocycles. The molecule has 0 atom stereocenters. The van der Waals surface area contributed by atoms with Crippen molar-refractivity contribution in [2.45, 2.75) is 33.1 Å². The van der Waals surface area contributed by atoms with Crippen LogP contribution in [0.5, 0.6) is 0 Å². The van der Waals surface area contributed by atoms with Crippen LogP contribution >= 0.6 is 0 Å². The summed E-state index contributed by atoms with van der Waals surface area (Å²) in [4.78, 5) is 24.2. The van der Waals surface area contributed by atoms with Gasteiger partial charge < -0.3 is 4.90 Å². The molecule has 0 aromatic heterocycles. The Morgan fingerprint density at radius 3 is 2.71 bits per heavy atom. The molecule has 0 radical (unpaired) electrons. The second-order valence-corrected chi connectivity index (χ2v) is 6.23. The average molecular weight is 294 g/mol. The second kappa shape index (κ2) is 5.79. The van der Waals surface area contributed by atoms with Crippen molar-refractivity contribution in [1.29, 1.82) is 0 Å². The Morgan fingerprint density at radius 2 is 2.05 bits per heavy atom. The van der Waals surface area contributed by atoms with Crippen LogP contribution in [0, 0.1) is 21.3 Å². The van der Waals surface area contributed by atoms with E-state index in [4.69, 9.17) is 0 Å². The smallest absolute Gasteiger partial charge is 0.270 e. The monoisotopic (exact) mass is 294 g/mol. The van der Waals surface area contributed by atoms with Crippen molar-refractivity contribution in [3.8, 4) is 0 Å². The highest BCUT2D eigenvalue weighted by Gasteiger charge is 2.27.